The third kappa shape index (κ3) is 4.93. The maximum absolute atomic E-state index is 12.9. The molecule has 1 amide bonds. The van der Waals surface area contributed by atoms with Crippen LogP contribution < -0.4 is 0 Å². The van der Waals surface area contributed by atoms with Crippen molar-refractivity contribution in [3.63, 3.8) is 0 Å². The second kappa shape index (κ2) is 9.19. The van der Waals surface area contributed by atoms with Crippen LogP contribution in [0.15, 0.2) is 29.2 Å². The summed E-state index contributed by atoms with van der Waals surface area (Å²) >= 11 is 5.25. The van der Waals surface area contributed by atoms with Crippen LogP contribution in [0.25, 0.3) is 0 Å². The summed E-state index contributed by atoms with van der Waals surface area (Å²) in [5, 5.41) is 6.94. The minimum absolute atomic E-state index is 0.0746. The van der Waals surface area contributed by atoms with Gasteiger partial charge >= 0.3 is 0 Å². The average Bonchev–Trinajstić information content (AvgIpc) is 2.89. The van der Waals surface area contributed by atoms with Gasteiger partial charge in [-0.05, 0) is 44.1 Å². The Bertz CT molecular complexity index is 1010. The Morgan fingerprint density at radius 3 is 2.59 bits per heavy atom. The van der Waals surface area contributed by atoms with Gasteiger partial charge in [0.25, 0.3) is 0 Å². The number of H-pyrrole nitrogens is 1. The highest BCUT2D eigenvalue weighted by Crippen LogP contribution is 2.18. The molecule has 10 heteroatoms. The highest BCUT2D eigenvalue weighted by Gasteiger charge is 2.28. The minimum Gasteiger partial charge on any atom is -0.340 e. The lowest BCUT2D eigenvalue weighted by molar-refractivity contribution is -0.131. The van der Waals surface area contributed by atoms with Crippen LogP contribution in [-0.2, 0) is 27.8 Å². The van der Waals surface area contributed by atoms with E-state index in [1.807, 2.05) is 13.8 Å². The lowest BCUT2D eigenvalue weighted by atomic mass is 10.2. The number of hydrogen-bond acceptors (Lipinski definition) is 5. The Balaban J connectivity index is 1.68. The van der Waals surface area contributed by atoms with Gasteiger partial charge < -0.3 is 4.90 Å². The number of aromatic amines is 1. The van der Waals surface area contributed by atoms with Crippen LogP contribution in [0.1, 0.15) is 31.2 Å². The van der Waals surface area contributed by atoms with E-state index in [-0.39, 0.29) is 23.9 Å². The number of nitrogens with zero attached hydrogens (tertiary/aromatic N) is 4. The lowest BCUT2D eigenvalue weighted by Crippen LogP contribution is -2.38. The van der Waals surface area contributed by atoms with Crippen LogP contribution >= 0.6 is 12.2 Å². The van der Waals surface area contributed by atoms with E-state index >= 15 is 0 Å². The topological polar surface area (TPSA) is 91.3 Å². The molecule has 0 saturated carbocycles. The van der Waals surface area contributed by atoms with Gasteiger partial charge in [-0.25, -0.2) is 8.42 Å². The van der Waals surface area contributed by atoms with Gasteiger partial charge in [0, 0.05) is 32.6 Å². The number of carbonyl (C=O) groups is 1. The van der Waals surface area contributed by atoms with Crippen molar-refractivity contribution in [3.05, 3.63) is 40.4 Å². The molecule has 1 aliphatic heterocycles. The first kappa shape index (κ1) is 21.7. The van der Waals surface area contributed by atoms with Gasteiger partial charge in [0.1, 0.15) is 12.4 Å². The Kier molecular flexibility index (Phi) is 6.86. The first-order valence-corrected chi connectivity index (χ1v) is 11.7. The molecule has 0 unspecified atom stereocenters. The van der Waals surface area contributed by atoms with E-state index in [1.54, 1.807) is 33.7 Å². The van der Waals surface area contributed by atoms with E-state index in [1.165, 1.54) is 4.31 Å². The molecule has 1 fully saturated rings. The predicted molar refractivity (Wildman–Crippen MR) is 113 cm³/mol. The average molecular weight is 438 g/mol. The van der Waals surface area contributed by atoms with Gasteiger partial charge in [0.2, 0.25) is 15.9 Å². The highest BCUT2D eigenvalue weighted by atomic mass is 32.2. The third-order valence-corrected chi connectivity index (χ3v) is 7.30. The number of aryl methyl sites for hydroxylation is 2. The van der Waals surface area contributed by atoms with Gasteiger partial charge in [-0.15, -0.1) is 0 Å². The molecule has 0 radical (unpaired) electrons. The molecular formula is C19H27N5O3S2. The van der Waals surface area contributed by atoms with E-state index in [0.29, 0.717) is 30.8 Å². The van der Waals surface area contributed by atoms with E-state index in [0.717, 1.165) is 24.2 Å². The van der Waals surface area contributed by atoms with Crippen molar-refractivity contribution in [3.8, 4) is 0 Å². The van der Waals surface area contributed by atoms with Gasteiger partial charge in [-0.1, -0.05) is 24.6 Å². The van der Waals surface area contributed by atoms with Gasteiger partial charge in [0.15, 0.2) is 4.77 Å². The fourth-order valence-corrected chi connectivity index (χ4v) is 5.09. The SMILES string of the molecule is CCCc1n[nH]c(=S)n1CC(=O)N1CCCN(S(=O)(=O)c2ccc(C)cc2)CC1. The zero-order valence-electron chi connectivity index (χ0n) is 16.8. The summed E-state index contributed by atoms with van der Waals surface area (Å²) in [6.07, 6.45) is 2.24. The van der Waals surface area contributed by atoms with E-state index in [4.69, 9.17) is 12.2 Å². The molecule has 2 aromatic rings. The van der Waals surface area contributed by atoms with Crippen LogP contribution in [0.4, 0.5) is 0 Å². The smallest absolute Gasteiger partial charge is 0.243 e. The molecule has 1 aromatic heterocycles. The van der Waals surface area contributed by atoms with Crippen molar-refractivity contribution >= 4 is 28.1 Å². The monoisotopic (exact) mass is 437 g/mol. The number of nitrogens with one attached hydrogen (secondary N) is 1. The molecule has 3 rings (SSSR count). The Labute approximate surface area is 176 Å². The number of carbonyl (C=O) groups excluding carboxylic acids is 1. The Morgan fingerprint density at radius 2 is 1.90 bits per heavy atom. The summed E-state index contributed by atoms with van der Waals surface area (Å²) in [6, 6.07) is 6.86. The molecule has 1 N–H and O–H groups in total. The number of rotatable bonds is 6. The van der Waals surface area contributed by atoms with Crippen LogP contribution in [0, 0.1) is 11.7 Å². The summed E-state index contributed by atoms with van der Waals surface area (Å²) in [4.78, 5) is 14.8. The van der Waals surface area contributed by atoms with Crippen molar-refractivity contribution < 1.29 is 13.2 Å². The number of amides is 1. The molecule has 29 heavy (non-hydrogen) atoms. The van der Waals surface area contributed by atoms with Crippen molar-refractivity contribution in [2.45, 2.75) is 44.6 Å². The van der Waals surface area contributed by atoms with Crippen molar-refractivity contribution in [2.75, 3.05) is 26.2 Å². The Morgan fingerprint density at radius 1 is 1.17 bits per heavy atom. The van der Waals surface area contributed by atoms with Crippen molar-refractivity contribution in [2.24, 2.45) is 0 Å². The van der Waals surface area contributed by atoms with E-state index < -0.39 is 10.0 Å². The number of aromatic nitrogens is 3. The molecule has 0 spiro atoms. The number of benzene rings is 1. The van der Waals surface area contributed by atoms with Crippen molar-refractivity contribution in [1.29, 1.82) is 0 Å². The van der Waals surface area contributed by atoms with E-state index in [9.17, 15) is 13.2 Å². The zero-order valence-corrected chi connectivity index (χ0v) is 18.4. The second-order valence-electron chi connectivity index (χ2n) is 7.23. The first-order valence-electron chi connectivity index (χ1n) is 9.81. The van der Waals surface area contributed by atoms with Gasteiger partial charge in [-0.2, -0.15) is 9.40 Å². The van der Waals surface area contributed by atoms with Gasteiger partial charge in [0.05, 0.1) is 4.90 Å². The standard InChI is InChI=1S/C19H27N5O3S2/c1-3-5-17-20-21-19(28)24(17)14-18(25)22-10-4-11-23(13-12-22)29(26,27)16-8-6-15(2)7-9-16/h6-9H,3-5,10-14H2,1-2H3,(H,21,28). The van der Waals surface area contributed by atoms with E-state index in [2.05, 4.69) is 10.2 Å². The number of sulfonamides is 1. The molecule has 1 aliphatic rings. The normalized spacial score (nSPS) is 16.0. The van der Waals surface area contributed by atoms with Crippen LogP contribution in [-0.4, -0.2) is 64.5 Å². The first-order chi connectivity index (χ1) is 13.8. The quantitative estimate of drug-likeness (QED) is 0.699. The van der Waals surface area contributed by atoms with Crippen LogP contribution in [0.2, 0.25) is 0 Å². The second-order valence-corrected chi connectivity index (χ2v) is 9.56. The number of hydrogen-bond donors (Lipinski definition) is 1. The zero-order chi connectivity index (χ0) is 21.0. The van der Waals surface area contributed by atoms with Gasteiger partial charge in [-0.3, -0.25) is 14.5 Å². The molecule has 0 aliphatic carbocycles. The maximum Gasteiger partial charge on any atom is 0.243 e. The molecule has 0 bridgehead atoms. The highest BCUT2D eigenvalue weighted by molar-refractivity contribution is 7.89. The summed E-state index contributed by atoms with van der Waals surface area (Å²) in [5.41, 5.74) is 1.01. The fourth-order valence-electron chi connectivity index (χ4n) is 3.41. The van der Waals surface area contributed by atoms with Crippen molar-refractivity contribution in [1.82, 2.24) is 24.0 Å². The minimum atomic E-state index is -3.56. The molecule has 8 nitrogen and oxygen atoms in total. The molecular weight excluding hydrogens is 410 g/mol. The summed E-state index contributed by atoms with van der Waals surface area (Å²) in [7, 11) is -3.56. The molecule has 1 saturated heterocycles. The largest absolute Gasteiger partial charge is 0.340 e. The molecule has 0 atom stereocenters. The summed E-state index contributed by atoms with van der Waals surface area (Å²) in [5.74, 6) is 0.693. The summed E-state index contributed by atoms with van der Waals surface area (Å²) in [6.45, 7) is 5.64. The fraction of sp³-hybridized carbons (Fsp3) is 0.526. The predicted octanol–water partition coefficient (Wildman–Crippen LogP) is 2.12. The maximum atomic E-state index is 12.9. The molecule has 158 valence electrons. The molecule has 2 heterocycles. The van der Waals surface area contributed by atoms with Crippen LogP contribution in [0.3, 0.4) is 0 Å². The summed E-state index contributed by atoms with van der Waals surface area (Å²) < 4.78 is 29.5. The lowest BCUT2D eigenvalue weighted by Gasteiger charge is -2.22. The third-order valence-electron chi connectivity index (χ3n) is 5.07. The molecule has 1 aromatic carbocycles. The Hall–Kier alpha value is -2.04. The van der Waals surface area contributed by atoms with Crippen LogP contribution in [0.5, 0.6) is 0 Å².